The van der Waals surface area contributed by atoms with E-state index in [1.165, 1.54) is 6.07 Å². The molecule has 0 heterocycles. The summed E-state index contributed by atoms with van der Waals surface area (Å²) in [6, 6.07) is 14.3. The van der Waals surface area contributed by atoms with Gasteiger partial charge in [-0.3, -0.25) is 4.79 Å². The first-order chi connectivity index (χ1) is 13.9. The van der Waals surface area contributed by atoms with Crippen LogP contribution >= 0.6 is 11.6 Å². The highest BCUT2D eigenvalue weighted by Crippen LogP contribution is 2.35. The van der Waals surface area contributed by atoms with Crippen molar-refractivity contribution >= 4 is 45.6 Å². The van der Waals surface area contributed by atoms with E-state index in [0.29, 0.717) is 24.3 Å². The van der Waals surface area contributed by atoms with Crippen LogP contribution in [0.5, 0.6) is 0 Å². The molecule has 0 fully saturated rings. The van der Waals surface area contributed by atoms with Gasteiger partial charge in [0.15, 0.2) is 0 Å². The summed E-state index contributed by atoms with van der Waals surface area (Å²) in [6.07, 6.45) is 0. The van der Waals surface area contributed by atoms with Gasteiger partial charge in [0.2, 0.25) is 0 Å². The topological polar surface area (TPSA) is 69.6 Å². The molecule has 0 saturated carbocycles. The van der Waals surface area contributed by atoms with Gasteiger partial charge in [-0.25, -0.2) is 4.79 Å². The molecule has 0 atom stereocenters. The number of fused-ring (bicyclic) bond motifs is 1. The van der Waals surface area contributed by atoms with Crippen molar-refractivity contribution in [3.8, 4) is 0 Å². The monoisotopic (exact) mass is 410 g/mol. The minimum atomic E-state index is -1.08. The zero-order chi connectivity index (χ0) is 21.1. The summed E-state index contributed by atoms with van der Waals surface area (Å²) in [6.45, 7) is 7.18. The molecular weight excluding hydrogens is 388 g/mol. The van der Waals surface area contributed by atoms with E-state index in [1.54, 1.807) is 17.0 Å². The molecular formula is C23H23ClN2O3. The van der Waals surface area contributed by atoms with Crippen LogP contribution in [0.3, 0.4) is 0 Å². The number of nitrogens with one attached hydrogen (secondary N) is 1. The first-order valence-corrected chi connectivity index (χ1v) is 9.87. The SMILES string of the molecule is CCN(CC)C(=O)c1ccc(Nc2cccc(C(=O)O)c2Cl)c2cccc(C)c12. The van der Waals surface area contributed by atoms with E-state index in [2.05, 4.69) is 5.32 Å². The summed E-state index contributed by atoms with van der Waals surface area (Å²) in [5.41, 5.74) is 2.93. The predicted octanol–water partition coefficient (Wildman–Crippen LogP) is 5.73. The van der Waals surface area contributed by atoms with E-state index in [0.717, 1.165) is 22.0 Å². The number of amides is 1. The molecule has 0 aliphatic rings. The summed E-state index contributed by atoms with van der Waals surface area (Å²) in [5, 5.41) is 14.4. The highest BCUT2D eigenvalue weighted by atomic mass is 35.5. The van der Waals surface area contributed by atoms with Crippen molar-refractivity contribution in [2.75, 3.05) is 18.4 Å². The fraction of sp³-hybridized carbons (Fsp3) is 0.217. The van der Waals surface area contributed by atoms with E-state index in [4.69, 9.17) is 11.6 Å². The van der Waals surface area contributed by atoms with E-state index in [9.17, 15) is 14.7 Å². The van der Waals surface area contributed by atoms with Crippen LogP contribution in [0.1, 0.15) is 40.1 Å². The van der Waals surface area contributed by atoms with Crippen LogP contribution in [0.4, 0.5) is 11.4 Å². The maximum atomic E-state index is 13.0. The number of nitrogens with zero attached hydrogens (tertiary/aromatic N) is 1. The third-order valence-corrected chi connectivity index (χ3v) is 5.44. The first kappa shape index (κ1) is 20.7. The number of carbonyl (C=O) groups is 2. The van der Waals surface area contributed by atoms with E-state index >= 15 is 0 Å². The van der Waals surface area contributed by atoms with Gasteiger partial charge in [-0.05, 0) is 56.0 Å². The molecule has 3 aromatic carbocycles. The Balaban J connectivity index is 2.14. The Kier molecular flexibility index (Phi) is 6.09. The van der Waals surface area contributed by atoms with Crippen LogP contribution in [-0.2, 0) is 0 Å². The maximum Gasteiger partial charge on any atom is 0.337 e. The minimum absolute atomic E-state index is 0.00763. The van der Waals surface area contributed by atoms with Crippen molar-refractivity contribution in [2.24, 2.45) is 0 Å². The Morgan fingerprint density at radius 3 is 2.31 bits per heavy atom. The molecule has 0 aliphatic heterocycles. The van der Waals surface area contributed by atoms with Gasteiger partial charge in [0.25, 0.3) is 5.91 Å². The van der Waals surface area contributed by atoms with Gasteiger partial charge >= 0.3 is 5.97 Å². The maximum absolute atomic E-state index is 13.0. The van der Waals surface area contributed by atoms with E-state index in [-0.39, 0.29) is 16.5 Å². The van der Waals surface area contributed by atoms with Crippen molar-refractivity contribution in [3.63, 3.8) is 0 Å². The van der Waals surface area contributed by atoms with Crippen molar-refractivity contribution < 1.29 is 14.7 Å². The molecule has 5 nitrogen and oxygen atoms in total. The Hall–Kier alpha value is -3.05. The number of carboxylic acids is 1. The number of aryl methyl sites for hydroxylation is 1. The molecule has 3 aromatic rings. The van der Waals surface area contributed by atoms with Gasteiger partial charge in [-0.15, -0.1) is 0 Å². The number of halogens is 1. The standard InChI is InChI=1S/C23H23ClN2O3/c1-4-26(5-2)22(27)16-12-13-18(15-9-6-8-14(3)20(15)16)25-19-11-7-10-17(21(19)24)23(28)29/h6-13,25H,4-5H2,1-3H3,(H,28,29). The minimum Gasteiger partial charge on any atom is -0.478 e. The van der Waals surface area contributed by atoms with Crippen LogP contribution in [-0.4, -0.2) is 35.0 Å². The third kappa shape index (κ3) is 3.91. The van der Waals surface area contributed by atoms with Crippen molar-refractivity contribution in [1.29, 1.82) is 0 Å². The molecule has 6 heteroatoms. The molecule has 0 aromatic heterocycles. The average molecular weight is 411 g/mol. The summed E-state index contributed by atoms with van der Waals surface area (Å²) in [4.78, 5) is 26.2. The largest absolute Gasteiger partial charge is 0.478 e. The molecule has 0 aliphatic carbocycles. The summed E-state index contributed by atoms with van der Waals surface area (Å²) < 4.78 is 0. The lowest BCUT2D eigenvalue weighted by Gasteiger charge is -2.21. The molecule has 0 radical (unpaired) electrons. The number of anilines is 2. The van der Waals surface area contributed by atoms with Crippen LogP contribution in [0, 0.1) is 6.92 Å². The van der Waals surface area contributed by atoms with Crippen molar-refractivity contribution in [3.05, 3.63) is 70.2 Å². The first-order valence-electron chi connectivity index (χ1n) is 9.49. The second kappa shape index (κ2) is 8.53. The molecule has 0 unspecified atom stereocenters. The zero-order valence-electron chi connectivity index (χ0n) is 16.6. The number of hydrogen-bond donors (Lipinski definition) is 2. The summed E-state index contributed by atoms with van der Waals surface area (Å²) in [5.74, 6) is -1.09. The molecule has 2 N–H and O–H groups in total. The van der Waals surface area contributed by atoms with Gasteiger partial charge < -0.3 is 15.3 Å². The quantitative estimate of drug-likeness (QED) is 0.544. The van der Waals surface area contributed by atoms with E-state index < -0.39 is 5.97 Å². The number of benzene rings is 3. The fourth-order valence-corrected chi connectivity index (χ4v) is 3.75. The Morgan fingerprint density at radius 1 is 0.966 bits per heavy atom. The Bertz CT molecular complexity index is 1090. The Labute approximate surface area is 174 Å². The normalized spacial score (nSPS) is 10.8. The lowest BCUT2D eigenvalue weighted by Crippen LogP contribution is -2.30. The highest BCUT2D eigenvalue weighted by Gasteiger charge is 2.19. The molecule has 3 rings (SSSR count). The number of hydrogen-bond acceptors (Lipinski definition) is 3. The smallest absolute Gasteiger partial charge is 0.337 e. The second-order valence-electron chi connectivity index (χ2n) is 6.73. The summed E-state index contributed by atoms with van der Waals surface area (Å²) in [7, 11) is 0. The number of aromatic carboxylic acids is 1. The summed E-state index contributed by atoms with van der Waals surface area (Å²) >= 11 is 6.29. The lowest BCUT2D eigenvalue weighted by atomic mass is 9.97. The van der Waals surface area contributed by atoms with E-state index in [1.807, 2.05) is 51.1 Å². The van der Waals surface area contributed by atoms with Gasteiger partial charge in [-0.1, -0.05) is 35.9 Å². The lowest BCUT2D eigenvalue weighted by molar-refractivity contribution is 0.0696. The molecule has 0 bridgehead atoms. The fourth-order valence-electron chi connectivity index (χ4n) is 3.50. The second-order valence-corrected chi connectivity index (χ2v) is 7.11. The van der Waals surface area contributed by atoms with Crippen LogP contribution in [0.15, 0.2) is 48.5 Å². The van der Waals surface area contributed by atoms with Gasteiger partial charge in [0.1, 0.15) is 0 Å². The molecule has 1 amide bonds. The van der Waals surface area contributed by atoms with Crippen molar-refractivity contribution in [1.82, 2.24) is 4.90 Å². The average Bonchev–Trinajstić information content (AvgIpc) is 2.70. The van der Waals surface area contributed by atoms with Crippen LogP contribution in [0.2, 0.25) is 5.02 Å². The predicted molar refractivity (Wildman–Crippen MR) is 118 cm³/mol. The third-order valence-electron chi connectivity index (χ3n) is 5.03. The number of rotatable bonds is 6. The van der Waals surface area contributed by atoms with Gasteiger partial charge in [-0.2, -0.15) is 0 Å². The highest BCUT2D eigenvalue weighted by molar-refractivity contribution is 6.36. The molecule has 29 heavy (non-hydrogen) atoms. The number of carboxylic acid groups (broad SMARTS) is 1. The Morgan fingerprint density at radius 2 is 1.66 bits per heavy atom. The zero-order valence-corrected chi connectivity index (χ0v) is 17.4. The molecule has 0 saturated heterocycles. The van der Waals surface area contributed by atoms with Crippen LogP contribution in [0.25, 0.3) is 10.8 Å². The van der Waals surface area contributed by atoms with Crippen LogP contribution < -0.4 is 5.32 Å². The number of carbonyl (C=O) groups excluding carboxylic acids is 1. The van der Waals surface area contributed by atoms with Gasteiger partial charge in [0.05, 0.1) is 16.3 Å². The molecule has 150 valence electrons. The van der Waals surface area contributed by atoms with Crippen molar-refractivity contribution in [2.45, 2.75) is 20.8 Å². The van der Waals surface area contributed by atoms with Gasteiger partial charge in [0, 0.05) is 29.7 Å². The molecule has 0 spiro atoms.